The predicted octanol–water partition coefficient (Wildman–Crippen LogP) is 2.17. The van der Waals surface area contributed by atoms with E-state index in [1.807, 2.05) is 20.8 Å². The molecule has 0 aliphatic carbocycles. The molecular formula is C17H30N2O4. The van der Waals surface area contributed by atoms with Crippen LogP contribution in [0.1, 0.15) is 65.7 Å². The number of carboxylic acid groups (broad SMARTS) is 1. The van der Waals surface area contributed by atoms with Crippen LogP contribution in [0.5, 0.6) is 0 Å². The van der Waals surface area contributed by atoms with Crippen LogP contribution in [-0.4, -0.2) is 46.4 Å². The Balaban J connectivity index is 2.71. The molecule has 6 heteroatoms. The number of nitrogens with one attached hydrogen (secondary N) is 1. The van der Waals surface area contributed by atoms with E-state index in [0.717, 1.165) is 19.3 Å². The summed E-state index contributed by atoms with van der Waals surface area (Å²) in [4.78, 5) is 37.5. The number of likely N-dealkylation sites (tertiary alicyclic amines) is 1. The van der Waals surface area contributed by atoms with Crippen LogP contribution < -0.4 is 5.32 Å². The first kappa shape index (κ1) is 19.5. The van der Waals surface area contributed by atoms with Crippen LogP contribution in [0.3, 0.4) is 0 Å². The predicted molar refractivity (Wildman–Crippen MR) is 87.9 cm³/mol. The van der Waals surface area contributed by atoms with Gasteiger partial charge in [-0.2, -0.15) is 0 Å². The fraction of sp³-hybridized carbons (Fsp3) is 0.824. The van der Waals surface area contributed by atoms with Crippen LogP contribution in [-0.2, 0) is 14.4 Å². The lowest BCUT2D eigenvalue weighted by Crippen LogP contribution is -2.53. The normalized spacial score (nSPS) is 18.6. The molecule has 1 heterocycles. The summed E-state index contributed by atoms with van der Waals surface area (Å²) in [7, 11) is 0. The fourth-order valence-corrected chi connectivity index (χ4v) is 3.16. The number of aliphatic carboxylic acids is 1. The maximum absolute atomic E-state index is 12.6. The zero-order valence-electron chi connectivity index (χ0n) is 14.6. The number of piperidine rings is 1. The lowest BCUT2D eigenvalue weighted by molar-refractivity contribution is -0.139. The Bertz CT molecular complexity index is 432. The second-order valence-corrected chi connectivity index (χ2v) is 6.48. The van der Waals surface area contributed by atoms with E-state index in [4.69, 9.17) is 5.11 Å². The monoisotopic (exact) mass is 326 g/mol. The maximum atomic E-state index is 12.6. The van der Waals surface area contributed by atoms with Gasteiger partial charge in [-0.05, 0) is 32.1 Å². The Morgan fingerprint density at radius 1 is 1.22 bits per heavy atom. The number of rotatable bonds is 8. The van der Waals surface area contributed by atoms with Gasteiger partial charge in [0.05, 0.1) is 12.3 Å². The maximum Gasteiger partial charge on any atom is 0.305 e. The van der Waals surface area contributed by atoms with Gasteiger partial charge in [-0.15, -0.1) is 0 Å². The molecular weight excluding hydrogens is 296 g/mol. The van der Waals surface area contributed by atoms with Crippen molar-refractivity contribution in [1.29, 1.82) is 0 Å². The van der Waals surface area contributed by atoms with Crippen molar-refractivity contribution in [2.75, 3.05) is 13.1 Å². The second-order valence-electron chi connectivity index (χ2n) is 6.48. The molecule has 0 aromatic carbocycles. The molecule has 1 atom stereocenters. The molecule has 0 aromatic heterocycles. The van der Waals surface area contributed by atoms with Gasteiger partial charge in [-0.25, -0.2) is 0 Å². The van der Waals surface area contributed by atoms with E-state index in [1.54, 1.807) is 4.90 Å². The first-order valence-corrected chi connectivity index (χ1v) is 8.69. The highest BCUT2D eigenvalue weighted by Gasteiger charge is 2.35. The summed E-state index contributed by atoms with van der Waals surface area (Å²) in [5.74, 6) is -1.16. The van der Waals surface area contributed by atoms with Crippen molar-refractivity contribution in [3.05, 3.63) is 0 Å². The van der Waals surface area contributed by atoms with Crippen molar-refractivity contribution in [3.8, 4) is 0 Å². The van der Waals surface area contributed by atoms with E-state index < -0.39 is 11.5 Å². The molecule has 0 aromatic rings. The summed E-state index contributed by atoms with van der Waals surface area (Å²) in [5, 5.41) is 12.1. The van der Waals surface area contributed by atoms with E-state index in [9.17, 15) is 14.4 Å². The van der Waals surface area contributed by atoms with Crippen molar-refractivity contribution in [2.24, 2.45) is 5.92 Å². The summed E-state index contributed by atoms with van der Waals surface area (Å²) in [6.07, 6.45) is 3.97. The minimum atomic E-state index is -0.905. The highest BCUT2D eigenvalue weighted by atomic mass is 16.4. The lowest BCUT2D eigenvalue weighted by Gasteiger charge is -2.36. The molecule has 0 radical (unpaired) electrons. The number of hydrogen-bond donors (Lipinski definition) is 2. The first-order chi connectivity index (χ1) is 10.9. The number of carbonyl (C=O) groups is 3. The van der Waals surface area contributed by atoms with Gasteiger partial charge in [-0.3, -0.25) is 14.4 Å². The highest BCUT2D eigenvalue weighted by Crippen LogP contribution is 2.23. The molecule has 1 unspecified atom stereocenters. The van der Waals surface area contributed by atoms with Crippen molar-refractivity contribution >= 4 is 17.8 Å². The van der Waals surface area contributed by atoms with Gasteiger partial charge in [0.25, 0.3) is 0 Å². The summed E-state index contributed by atoms with van der Waals surface area (Å²) in [6.45, 7) is 6.91. The number of nitrogens with zero attached hydrogens (tertiary/aromatic N) is 1. The van der Waals surface area contributed by atoms with Crippen molar-refractivity contribution in [3.63, 3.8) is 0 Å². The molecule has 23 heavy (non-hydrogen) atoms. The molecule has 1 fully saturated rings. The van der Waals surface area contributed by atoms with Crippen LogP contribution in [0.15, 0.2) is 0 Å². The van der Waals surface area contributed by atoms with E-state index >= 15 is 0 Å². The van der Waals surface area contributed by atoms with Gasteiger partial charge >= 0.3 is 5.97 Å². The number of amides is 2. The Kier molecular flexibility index (Phi) is 7.52. The zero-order valence-corrected chi connectivity index (χ0v) is 14.6. The van der Waals surface area contributed by atoms with Gasteiger partial charge in [0, 0.05) is 25.0 Å². The van der Waals surface area contributed by atoms with Crippen molar-refractivity contribution < 1.29 is 19.5 Å². The third-order valence-electron chi connectivity index (χ3n) is 4.84. The minimum Gasteiger partial charge on any atom is -0.481 e. The highest BCUT2D eigenvalue weighted by molar-refractivity contribution is 5.82. The summed E-state index contributed by atoms with van der Waals surface area (Å²) < 4.78 is 0. The molecule has 132 valence electrons. The molecule has 0 saturated carbocycles. The number of carboxylic acids is 1. The van der Waals surface area contributed by atoms with Gasteiger partial charge in [0.2, 0.25) is 11.8 Å². The Hall–Kier alpha value is -1.59. The summed E-state index contributed by atoms with van der Waals surface area (Å²) >= 11 is 0. The minimum absolute atomic E-state index is 0.0725. The third-order valence-corrected chi connectivity index (χ3v) is 4.84. The van der Waals surface area contributed by atoms with E-state index in [2.05, 4.69) is 5.32 Å². The van der Waals surface area contributed by atoms with Crippen molar-refractivity contribution in [1.82, 2.24) is 10.2 Å². The van der Waals surface area contributed by atoms with Crippen LogP contribution in [0, 0.1) is 5.92 Å². The van der Waals surface area contributed by atoms with Crippen LogP contribution in [0.25, 0.3) is 0 Å². The fourth-order valence-electron chi connectivity index (χ4n) is 3.16. The standard InChI is InChI=1S/C17H30N2O4/c1-4-8-14(20)19-10-7-9-13(12-19)16(23)18-17(5-2,6-3)11-15(21)22/h13H,4-12H2,1-3H3,(H,18,23)(H,21,22). The van der Waals surface area contributed by atoms with E-state index in [0.29, 0.717) is 32.4 Å². The third kappa shape index (κ3) is 5.52. The number of hydrogen-bond acceptors (Lipinski definition) is 3. The van der Waals surface area contributed by atoms with E-state index in [1.165, 1.54) is 0 Å². The summed E-state index contributed by atoms with van der Waals surface area (Å²) in [5.41, 5.74) is -0.696. The van der Waals surface area contributed by atoms with Crippen LogP contribution >= 0.6 is 0 Å². The molecule has 1 aliphatic heterocycles. The average molecular weight is 326 g/mol. The largest absolute Gasteiger partial charge is 0.481 e. The van der Waals surface area contributed by atoms with E-state index in [-0.39, 0.29) is 24.2 Å². The van der Waals surface area contributed by atoms with Gasteiger partial charge in [0.15, 0.2) is 0 Å². The molecule has 0 spiro atoms. The SMILES string of the molecule is CCCC(=O)N1CCCC(C(=O)NC(CC)(CC)CC(=O)O)C1. The van der Waals surface area contributed by atoms with Crippen molar-refractivity contribution in [2.45, 2.75) is 71.3 Å². The molecule has 1 saturated heterocycles. The van der Waals surface area contributed by atoms with Crippen LogP contribution in [0.4, 0.5) is 0 Å². The Morgan fingerprint density at radius 2 is 1.87 bits per heavy atom. The second kappa shape index (κ2) is 8.89. The topological polar surface area (TPSA) is 86.7 Å². The Morgan fingerprint density at radius 3 is 2.39 bits per heavy atom. The molecule has 0 bridgehead atoms. The quantitative estimate of drug-likeness (QED) is 0.716. The average Bonchev–Trinajstić information content (AvgIpc) is 2.54. The molecule has 1 rings (SSSR count). The van der Waals surface area contributed by atoms with Gasteiger partial charge in [-0.1, -0.05) is 20.8 Å². The van der Waals surface area contributed by atoms with Gasteiger partial charge < -0.3 is 15.3 Å². The Labute approximate surface area is 138 Å². The molecule has 2 N–H and O–H groups in total. The van der Waals surface area contributed by atoms with Gasteiger partial charge in [0.1, 0.15) is 0 Å². The van der Waals surface area contributed by atoms with Crippen LogP contribution in [0.2, 0.25) is 0 Å². The first-order valence-electron chi connectivity index (χ1n) is 8.69. The smallest absolute Gasteiger partial charge is 0.305 e. The molecule has 2 amide bonds. The lowest BCUT2D eigenvalue weighted by atomic mass is 9.87. The molecule has 6 nitrogen and oxygen atoms in total. The summed E-state index contributed by atoms with van der Waals surface area (Å²) in [6, 6.07) is 0. The molecule has 1 aliphatic rings. The zero-order chi connectivity index (χ0) is 17.5. The number of carbonyl (C=O) groups excluding carboxylic acids is 2.